The van der Waals surface area contributed by atoms with Gasteiger partial charge in [-0.15, -0.1) is 0 Å². The normalized spacial score (nSPS) is 11.9. The summed E-state index contributed by atoms with van der Waals surface area (Å²) in [5.41, 5.74) is 9.76. The van der Waals surface area contributed by atoms with E-state index in [4.69, 9.17) is 36.1 Å². The van der Waals surface area contributed by atoms with Gasteiger partial charge in [0, 0.05) is 66.0 Å². The summed E-state index contributed by atoms with van der Waals surface area (Å²) >= 11 is 6.11. The first-order chi connectivity index (χ1) is 24.4. The number of hydrogen-bond donors (Lipinski definition) is 2. The van der Waals surface area contributed by atoms with Gasteiger partial charge in [-0.3, -0.25) is 14.6 Å². The second kappa shape index (κ2) is 24.3. The Morgan fingerprint density at radius 1 is 1.04 bits per heavy atom. The molecule has 284 valence electrons. The number of amides is 2. The van der Waals surface area contributed by atoms with Crippen LogP contribution in [0.3, 0.4) is 0 Å². The van der Waals surface area contributed by atoms with Crippen molar-refractivity contribution >= 4 is 46.2 Å². The SMILES string of the molecule is CCN(CCCC(C)Nc1ccnc2cc(Cl)ccc12)CCOC(=O)NCCOCCOCC(=O)N(CCCN=[N+]=[N-])CCC(=O)OC(C)(C)C. The monoisotopic (exact) mass is 734 g/mol. The van der Waals surface area contributed by atoms with Crippen molar-refractivity contribution in [2.45, 2.75) is 71.9 Å². The zero-order valence-corrected chi connectivity index (χ0v) is 31.5. The number of rotatable bonds is 25. The lowest BCUT2D eigenvalue weighted by Crippen LogP contribution is -2.38. The number of benzene rings is 1. The zero-order valence-electron chi connectivity index (χ0n) is 30.7. The summed E-state index contributed by atoms with van der Waals surface area (Å²) < 4.78 is 21.6. The molecular formula is C35H55ClN8O7. The molecule has 1 heterocycles. The van der Waals surface area contributed by atoms with E-state index in [2.05, 4.69) is 44.4 Å². The van der Waals surface area contributed by atoms with Crippen LogP contribution in [0.1, 0.15) is 60.3 Å². The maximum absolute atomic E-state index is 12.7. The molecule has 2 amide bonds. The van der Waals surface area contributed by atoms with Crippen molar-refractivity contribution < 1.29 is 33.3 Å². The number of fused-ring (bicyclic) bond motifs is 1. The molecule has 2 aromatic rings. The summed E-state index contributed by atoms with van der Waals surface area (Å²) in [6, 6.07) is 7.97. The molecule has 0 fully saturated rings. The maximum atomic E-state index is 12.7. The molecule has 0 saturated carbocycles. The van der Waals surface area contributed by atoms with Gasteiger partial charge in [0.15, 0.2) is 0 Å². The van der Waals surface area contributed by atoms with Crippen LogP contribution in [0.4, 0.5) is 10.5 Å². The van der Waals surface area contributed by atoms with E-state index in [0.29, 0.717) is 24.5 Å². The Balaban J connectivity index is 1.54. The van der Waals surface area contributed by atoms with E-state index < -0.39 is 17.7 Å². The number of carbonyl (C=O) groups is 3. The highest BCUT2D eigenvalue weighted by atomic mass is 35.5. The quantitative estimate of drug-likeness (QED) is 0.0415. The summed E-state index contributed by atoms with van der Waals surface area (Å²) in [6.45, 7) is 13.7. The zero-order chi connectivity index (χ0) is 37.5. The second-order valence-corrected chi connectivity index (χ2v) is 13.3. The molecule has 0 aliphatic rings. The molecule has 0 saturated heterocycles. The largest absolute Gasteiger partial charge is 0.460 e. The van der Waals surface area contributed by atoms with Crippen LogP contribution in [0, 0.1) is 0 Å². The number of nitrogens with one attached hydrogen (secondary N) is 2. The van der Waals surface area contributed by atoms with Gasteiger partial charge in [-0.2, -0.15) is 0 Å². The number of carbonyl (C=O) groups excluding carboxylic acids is 3. The third-order valence-corrected chi connectivity index (χ3v) is 7.76. The van der Waals surface area contributed by atoms with Crippen LogP contribution in [0.2, 0.25) is 5.02 Å². The number of likely N-dealkylation sites (N-methyl/N-ethyl adjacent to an activating group) is 1. The predicted octanol–water partition coefficient (Wildman–Crippen LogP) is 5.81. The third-order valence-electron chi connectivity index (χ3n) is 7.53. The molecule has 15 nitrogen and oxygen atoms in total. The van der Waals surface area contributed by atoms with Crippen LogP contribution in [0.15, 0.2) is 35.6 Å². The van der Waals surface area contributed by atoms with E-state index in [0.717, 1.165) is 42.5 Å². The third kappa shape index (κ3) is 19.3. The number of nitrogens with zero attached hydrogens (tertiary/aromatic N) is 6. The van der Waals surface area contributed by atoms with Crippen LogP contribution >= 0.6 is 11.6 Å². The number of ether oxygens (including phenoxy) is 4. The second-order valence-electron chi connectivity index (χ2n) is 12.9. The highest BCUT2D eigenvalue weighted by Crippen LogP contribution is 2.25. The standard InChI is InChI=1S/C35H55ClN8O7/c1-6-43(17-7-9-27(2)41-30-12-15-38-31-25-28(36)10-11-29(30)31)20-22-50-34(47)39-16-21-48-23-24-49-26-32(45)44(18-8-14-40-42-37)19-13-33(46)51-35(3,4)5/h10-12,15,25,27H,6-9,13-14,16-24,26H2,1-5H3,(H,38,41)(H,39,47). The Labute approximate surface area is 306 Å². The number of anilines is 1. The number of halogens is 1. The van der Waals surface area contributed by atoms with Crippen molar-refractivity contribution in [3.63, 3.8) is 0 Å². The van der Waals surface area contributed by atoms with Gasteiger partial charge in [0.25, 0.3) is 0 Å². The predicted molar refractivity (Wildman–Crippen MR) is 198 cm³/mol. The summed E-state index contributed by atoms with van der Waals surface area (Å²) in [6.07, 6.45) is 3.74. The van der Waals surface area contributed by atoms with E-state index in [1.54, 1.807) is 27.0 Å². The van der Waals surface area contributed by atoms with Crippen molar-refractivity contribution in [2.75, 3.05) is 84.2 Å². The van der Waals surface area contributed by atoms with E-state index in [1.807, 2.05) is 24.3 Å². The van der Waals surface area contributed by atoms with Gasteiger partial charge in [0.2, 0.25) is 5.91 Å². The first kappa shape index (κ1) is 43.3. The molecule has 1 atom stereocenters. The smallest absolute Gasteiger partial charge is 0.407 e. The van der Waals surface area contributed by atoms with Crippen molar-refractivity contribution in [2.24, 2.45) is 5.11 Å². The lowest BCUT2D eigenvalue weighted by molar-refractivity contribution is -0.155. The van der Waals surface area contributed by atoms with Crippen molar-refractivity contribution in [3.8, 4) is 0 Å². The molecule has 2 N–H and O–H groups in total. The summed E-state index contributed by atoms with van der Waals surface area (Å²) in [5.74, 6) is -0.697. The van der Waals surface area contributed by atoms with Crippen LogP contribution in [-0.4, -0.2) is 123 Å². The van der Waals surface area contributed by atoms with Gasteiger partial charge < -0.3 is 39.4 Å². The minimum Gasteiger partial charge on any atom is -0.460 e. The Bertz CT molecular complexity index is 1400. The number of alkyl carbamates (subject to hydrolysis) is 1. The molecule has 0 radical (unpaired) electrons. The molecule has 0 aliphatic carbocycles. The molecule has 1 aromatic heterocycles. The number of azide groups is 1. The Morgan fingerprint density at radius 2 is 1.82 bits per heavy atom. The van der Waals surface area contributed by atoms with Crippen molar-refractivity contribution in [3.05, 3.63) is 45.9 Å². The Hall–Kier alpha value is -3.88. The van der Waals surface area contributed by atoms with Gasteiger partial charge in [0.05, 0.1) is 31.8 Å². The van der Waals surface area contributed by atoms with Gasteiger partial charge in [-0.1, -0.05) is 23.6 Å². The fourth-order valence-electron chi connectivity index (χ4n) is 5.01. The molecule has 16 heteroatoms. The van der Waals surface area contributed by atoms with Gasteiger partial charge in [0.1, 0.15) is 18.8 Å². The van der Waals surface area contributed by atoms with Crippen LogP contribution in [-0.2, 0) is 28.5 Å². The molecule has 0 bridgehead atoms. The van der Waals surface area contributed by atoms with Crippen LogP contribution < -0.4 is 10.6 Å². The lowest BCUT2D eigenvalue weighted by Gasteiger charge is -2.24. The Morgan fingerprint density at radius 3 is 2.57 bits per heavy atom. The van der Waals surface area contributed by atoms with E-state index >= 15 is 0 Å². The fraction of sp³-hybridized carbons (Fsp3) is 0.657. The highest BCUT2D eigenvalue weighted by molar-refractivity contribution is 6.31. The number of aromatic nitrogens is 1. The van der Waals surface area contributed by atoms with Crippen molar-refractivity contribution in [1.29, 1.82) is 0 Å². The molecule has 51 heavy (non-hydrogen) atoms. The van der Waals surface area contributed by atoms with Gasteiger partial charge in [-0.25, -0.2) is 4.79 Å². The average Bonchev–Trinajstić information content (AvgIpc) is 3.07. The van der Waals surface area contributed by atoms with E-state index in [-0.39, 0.29) is 71.0 Å². The minimum absolute atomic E-state index is 0.0422. The summed E-state index contributed by atoms with van der Waals surface area (Å²) in [4.78, 5) is 47.7. The first-order valence-electron chi connectivity index (χ1n) is 17.5. The minimum atomic E-state index is -0.614. The van der Waals surface area contributed by atoms with Crippen LogP contribution in [0.5, 0.6) is 0 Å². The van der Waals surface area contributed by atoms with Crippen LogP contribution in [0.25, 0.3) is 21.3 Å². The molecular weight excluding hydrogens is 680 g/mol. The summed E-state index contributed by atoms with van der Waals surface area (Å²) in [5, 5.41) is 11.4. The molecule has 0 aliphatic heterocycles. The van der Waals surface area contributed by atoms with E-state index in [1.165, 1.54) is 4.90 Å². The lowest BCUT2D eigenvalue weighted by atomic mass is 10.1. The summed E-state index contributed by atoms with van der Waals surface area (Å²) in [7, 11) is 0. The number of hydrogen-bond acceptors (Lipinski definition) is 11. The molecule has 2 rings (SSSR count). The van der Waals surface area contributed by atoms with Crippen molar-refractivity contribution in [1.82, 2.24) is 20.1 Å². The first-order valence-corrected chi connectivity index (χ1v) is 17.9. The molecule has 1 unspecified atom stereocenters. The topological polar surface area (TPSA) is 180 Å². The fourth-order valence-corrected chi connectivity index (χ4v) is 5.17. The Kier molecular flexibility index (Phi) is 20.7. The highest BCUT2D eigenvalue weighted by Gasteiger charge is 2.19. The molecule has 1 aromatic carbocycles. The molecule has 0 spiro atoms. The number of esters is 1. The average molecular weight is 735 g/mol. The van der Waals surface area contributed by atoms with E-state index in [9.17, 15) is 14.4 Å². The van der Waals surface area contributed by atoms with Gasteiger partial charge >= 0.3 is 12.1 Å². The maximum Gasteiger partial charge on any atom is 0.407 e. The number of pyridine rings is 1. The van der Waals surface area contributed by atoms with Gasteiger partial charge in [-0.05, 0) is 89.8 Å².